The van der Waals surface area contributed by atoms with Crippen LogP contribution in [0, 0.1) is 13.8 Å². The molecule has 0 N–H and O–H groups in total. The molecule has 1 aliphatic heterocycles. The number of aryl methyl sites for hydroxylation is 2. The molecular formula is C16H19N3O3. The molecule has 0 aromatic carbocycles. The minimum Gasteiger partial charge on any atom is -0.462 e. The molecule has 1 amide bonds. The zero-order valence-electron chi connectivity index (χ0n) is 12.8. The monoisotopic (exact) mass is 301 g/mol. The number of carbonyl (C=O) groups excluding carboxylic acids is 1. The van der Waals surface area contributed by atoms with E-state index in [0.717, 1.165) is 18.6 Å². The fourth-order valence-corrected chi connectivity index (χ4v) is 2.63. The summed E-state index contributed by atoms with van der Waals surface area (Å²) in [5.41, 5.74) is 0. The van der Waals surface area contributed by atoms with Gasteiger partial charge in [0.15, 0.2) is 5.82 Å². The van der Waals surface area contributed by atoms with Gasteiger partial charge in [-0.05, 0) is 44.9 Å². The van der Waals surface area contributed by atoms with E-state index in [0.29, 0.717) is 30.6 Å². The van der Waals surface area contributed by atoms with Crippen molar-refractivity contribution < 1.29 is 13.7 Å². The van der Waals surface area contributed by atoms with Gasteiger partial charge in [-0.3, -0.25) is 4.79 Å². The maximum Gasteiger partial charge on any atom is 0.246 e. The Balaban J connectivity index is 1.54. The smallest absolute Gasteiger partial charge is 0.246 e. The topological polar surface area (TPSA) is 72.4 Å². The molecule has 1 saturated heterocycles. The minimum absolute atomic E-state index is 0.00853. The minimum atomic E-state index is 0.00853. The molecule has 3 heterocycles. The maximum atomic E-state index is 12.2. The molecule has 2 aromatic heterocycles. The first-order chi connectivity index (χ1) is 10.6. The molecule has 1 aliphatic rings. The van der Waals surface area contributed by atoms with Crippen LogP contribution in [0.1, 0.15) is 42.0 Å². The van der Waals surface area contributed by atoms with Gasteiger partial charge in [0.1, 0.15) is 11.5 Å². The van der Waals surface area contributed by atoms with E-state index in [4.69, 9.17) is 8.94 Å². The fraction of sp³-hybridized carbons (Fsp3) is 0.438. The van der Waals surface area contributed by atoms with Gasteiger partial charge in [-0.25, -0.2) is 0 Å². The van der Waals surface area contributed by atoms with Gasteiger partial charge in [0.05, 0.1) is 0 Å². The van der Waals surface area contributed by atoms with Gasteiger partial charge in [-0.2, -0.15) is 4.98 Å². The Morgan fingerprint density at radius 2 is 2.09 bits per heavy atom. The van der Waals surface area contributed by atoms with Crippen molar-refractivity contribution in [2.75, 3.05) is 13.1 Å². The predicted molar refractivity (Wildman–Crippen MR) is 80.1 cm³/mol. The quantitative estimate of drug-likeness (QED) is 0.815. The molecule has 1 fully saturated rings. The summed E-state index contributed by atoms with van der Waals surface area (Å²) < 4.78 is 10.6. The SMILES string of the molecule is Cc1noc(C2CCN(C(=O)C=Cc3ccc(C)o3)CC2)n1. The van der Waals surface area contributed by atoms with E-state index in [-0.39, 0.29) is 11.8 Å². The Hall–Kier alpha value is -2.37. The van der Waals surface area contributed by atoms with Gasteiger partial charge in [0, 0.05) is 25.1 Å². The number of nitrogens with zero attached hydrogens (tertiary/aromatic N) is 3. The van der Waals surface area contributed by atoms with Crippen LogP contribution in [-0.2, 0) is 4.79 Å². The first kappa shape index (κ1) is 14.6. The van der Waals surface area contributed by atoms with Crippen molar-refractivity contribution in [1.29, 1.82) is 0 Å². The summed E-state index contributed by atoms with van der Waals surface area (Å²) in [5, 5.41) is 3.82. The highest BCUT2D eigenvalue weighted by Crippen LogP contribution is 2.26. The lowest BCUT2D eigenvalue weighted by Crippen LogP contribution is -2.36. The number of amides is 1. The third-order valence-electron chi connectivity index (χ3n) is 3.85. The van der Waals surface area contributed by atoms with Gasteiger partial charge >= 0.3 is 0 Å². The second-order valence-electron chi connectivity index (χ2n) is 5.56. The molecule has 116 valence electrons. The molecule has 2 aromatic rings. The summed E-state index contributed by atoms with van der Waals surface area (Å²) in [6.45, 7) is 5.09. The number of aromatic nitrogens is 2. The second kappa shape index (κ2) is 6.17. The Bertz CT molecular complexity index is 678. The summed E-state index contributed by atoms with van der Waals surface area (Å²) in [4.78, 5) is 18.3. The van der Waals surface area contributed by atoms with Gasteiger partial charge in [-0.1, -0.05) is 5.16 Å². The van der Waals surface area contributed by atoms with Crippen LogP contribution in [0.2, 0.25) is 0 Å². The van der Waals surface area contributed by atoms with Crippen molar-refractivity contribution in [2.45, 2.75) is 32.6 Å². The number of furan rings is 1. The van der Waals surface area contributed by atoms with Crippen LogP contribution < -0.4 is 0 Å². The molecule has 0 spiro atoms. The number of rotatable bonds is 3. The van der Waals surface area contributed by atoms with Crippen LogP contribution in [-0.4, -0.2) is 34.0 Å². The van der Waals surface area contributed by atoms with Crippen molar-refractivity contribution in [3.8, 4) is 0 Å². The predicted octanol–water partition coefficient (Wildman–Crippen LogP) is 2.70. The Kier molecular flexibility index (Phi) is 4.09. The lowest BCUT2D eigenvalue weighted by Gasteiger charge is -2.29. The molecule has 0 radical (unpaired) electrons. The van der Waals surface area contributed by atoms with Crippen molar-refractivity contribution in [3.05, 3.63) is 41.4 Å². The summed E-state index contributed by atoms with van der Waals surface area (Å²) >= 11 is 0. The van der Waals surface area contributed by atoms with Crippen LogP contribution in [0.3, 0.4) is 0 Å². The standard InChI is InChI=1S/C16H19N3O3/c1-11-3-4-14(21-11)5-6-15(20)19-9-7-13(8-10-19)16-17-12(2)18-22-16/h3-6,13H,7-10H2,1-2H3. The third-order valence-corrected chi connectivity index (χ3v) is 3.85. The average molecular weight is 301 g/mol. The second-order valence-corrected chi connectivity index (χ2v) is 5.56. The van der Waals surface area contributed by atoms with Crippen molar-refractivity contribution >= 4 is 12.0 Å². The van der Waals surface area contributed by atoms with E-state index < -0.39 is 0 Å². The zero-order chi connectivity index (χ0) is 15.5. The molecular weight excluding hydrogens is 282 g/mol. The van der Waals surface area contributed by atoms with Crippen LogP contribution in [0.5, 0.6) is 0 Å². The first-order valence-electron chi connectivity index (χ1n) is 7.45. The van der Waals surface area contributed by atoms with E-state index in [2.05, 4.69) is 10.1 Å². The summed E-state index contributed by atoms with van der Waals surface area (Å²) in [7, 11) is 0. The molecule has 0 aliphatic carbocycles. The lowest BCUT2D eigenvalue weighted by molar-refractivity contribution is -0.127. The van der Waals surface area contributed by atoms with E-state index in [1.54, 1.807) is 12.2 Å². The average Bonchev–Trinajstić information content (AvgIpc) is 3.13. The number of carbonyl (C=O) groups is 1. The highest BCUT2D eigenvalue weighted by molar-refractivity contribution is 5.91. The van der Waals surface area contributed by atoms with Gasteiger partial charge in [0.2, 0.25) is 11.8 Å². The number of hydrogen-bond acceptors (Lipinski definition) is 5. The fourth-order valence-electron chi connectivity index (χ4n) is 2.63. The van der Waals surface area contributed by atoms with E-state index in [9.17, 15) is 4.79 Å². The summed E-state index contributed by atoms with van der Waals surface area (Å²) in [6, 6.07) is 3.73. The van der Waals surface area contributed by atoms with Crippen LogP contribution in [0.4, 0.5) is 0 Å². The van der Waals surface area contributed by atoms with Crippen molar-refractivity contribution in [3.63, 3.8) is 0 Å². The summed E-state index contributed by atoms with van der Waals surface area (Å²) in [5.74, 6) is 3.14. The van der Waals surface area contributed by atoms with E-state index >= 15 is 0 Å². The third kappa shape index (κ3) is 3.27. The number of likely N-dealkylation sites (tertiary alicyclic amines) is 1. The summed E-state index contributed by atoms with van der Waals surface area (Å²) in [6.07, 6.45) is 4.97. The highest BCUT2D eigenvalue weighted by atomic mass is 16.5. The Morgan fingerprint density at radius 1 is 1.32 bits per heavy atom. The molecule has 6 nitrogen and oxygen atoms in total. The van der Waals surface area contributed by atoms with E-state index in [1.807, 2.05) is 30.9 Å². The molecule has 0 atom stereocenters. The molecule has 6 heteroatoms. The van der Waals surface area contributed by atoms with Gasteiger partial charge in [0.25, 0.3) is 0 Å². The highest BCUT2D eigenvalue weighted by Gasteiger charge is 2.26. The lowest BCUT2D eigenvalue weighted by atomic mass is 9.96. The van der Waals surface area contributed by atoms with Crippen molar-refractivity contribution in [1.82, 2.24) is 15.0 Å². The molecule has 3 rings (SSSR count). The molecule has 0 saturated carbocycles. The van der Waals surface area contributed by atoms with Crippen LogP contribution in [0.25, 0.3) is 6.08 Å². The van der Waals surface area contributed by atoms with Gasteiger partial charge in [-0.15, -0.1) is 0 Å². The molecule has 0 bridgehead atoms. The maximum absolute atomic E-state index is 12.2. The van der Waals surface area contributed by atoms with Crippen molar-refractivity contribution in [2.24, 2.45) is 0 Å². The zero-order valence-corrected chi connectivity index (χ0v) is 12.8. The molecule has 22 heavy (non-hydrogen) atoms. The largest absolute Gasteiger partial charge is 0.462 e. The normalized spacial score (nSPS) is 16.5. The van der Waals surface area contributed by atoms with E-state index in [1.165, 1.54) is 0 Å². The Labute approximate surface area is 128 Å². The van der Waals surface area contributed by atoms with Gasteiger partial charge < -0.3 is 13.8 Å². The molecule has 0 unspecified atom stereocenters. The van der Waals surface area contributed by atoms with Crippen LogP contribution >= 0.6 is 0 Å². The first-order valence-corrected chi connectivity index (χ1v) is 7.45. The van der Waals surface area contributed by atoms with Crippen LogP contribution in [0.15, 0.2) is 27.1 Å². The number of piperidine rings is 1. The Morgan fingerprint density at radius 3 is 2.68 bits per heavy atom. The number of hydrogen-bond donors (Lipinski definition) is 0.